The topological polar surface area (TPSA) is 42.0 Å². The first-order valence-electron chi connectivity index (χ1n) is 17.8. The average Bonchev–Trinajstić information content (AvgIpc) is 3.56. The number of thiophene rings is 1. The molecule has 1 aliphatic rings. The van der Waals surface area contributed by atoms with Crippen molar-refractivity contribution < 1.29 is 14.3 Å². The van der Waals surface area contributed by atoms with E-state index in [1.54, 1.807) is 0 Å². The molecule has 0 radical (unpaired) electrons. The second kappa shape index (κ2) is 18.9. The van der Waals surface area contributed by atoms with Gasteiger partial charge in [-0.05, 0) is 134 Å². The maximum absolute atomic E-state index is 14.4. The van der Waals surface area contributed by atoms with Gasteiger partial charge in [0.15, 0.2) is 0 Å². The second-order valence-corrected chi connectivity index (χ2v) is 14.3. The van der Waals surface area contributed by atoms with Gasteiger partial charge < -0.3 is 14.4 Å². The summed E-state index contributed by atoms with van der Waals surface area (Å²) in [6.07, 6.45) is 11.6. The third-order valence-corrected chi connectivity index (χ3v) is 10.5. The van der Waals surface area contributed by atoms with E-state index in [9.17, 15) is 4.79 Å². The van der Waals surface area contributed by atoms with Crippen LogP contribution in [0.4, 0.5) is 0 Å². The predicted octanol–water partition coefficient (Wildman–Crippen LogP) is 10.4. The molecule has 4 aromatic rings. The van der Waals surface area contributed by atoms with Crippen LogP contribution in [0.15, 0.2) is 126 Å². The summed E-state index contributed by atoms with van der Waals surface area (Å²) in [5, 5.41) is 2.73. The van der Waals surface area contributed by atoms with Crippen molar-refractivity contribution >= 4 is 34.5 Å². The van der Waals surface area contributed by atoms with E-state index in [1.807, 2.05) is 105 Å². The molecule has 51 heavy (non-hydrogen) atoms. The molecule has 0 saturated carbocycles. The van der Waals surface area contributed by atoms with E-state index in [4.69, 9.17) is 21.1 Å². The van der Waals surface area contributed by atoms with Gasteiger partial charge in [0.05, 0.1) is 0 Å². The number of aryl methyl sites for hydroxylation is 1. The van der Waals surface area contributed by atoms with Crippen LogP contribution < -0.4 is 9.47 Å². The summed E-state index contributed by atoms with van der Waals surface area (Å²) in [6.45, 7) is 11.3. The number of benzene rings is 3. The molecule has 1 atom stereocenters. The minimum Gasteiger partial charge on any atom is -0.492 e. The van der Waals surface area contributed by atoms with Gasteiger partial charge in [0.2, 0.25) is 0 Å². The molecule has 5 rings (SSSR count). The highest BCUT2D eigenvalue weighted by Crippen LogP contribution is 2.36. The van der Waals surface area contributed by atoms with Crippen LogP contribution in [-0.2, 0) is 17.6 Å². The number of fused-ring (bicyclic) bond motifs is 1. The molecule has 5 nitrogen and oxygen atoms in total. The molecule has 2 heterocycles. The van der Waals surface area contributed by atoms with E-state index < -0.39 is 6.04 Å². The standard InChI is InChI=1S/C44H49ClN2O3S/c1-6-9-14-32(7-2)38(8-3)42(34-20-22-36(23-21-34)49-29-28-46(4)5)35-15-12-16-37(31-35)50-44(48)43(39-17-10-11-18-40(39)45)47-26-13-19-41-33(24-27-47)25-30-51-41/h6-7,9-12,14-18,20-23,25,30-31,43H,2,8,13,19,24,26-29H2,1,3-5H3/b9-6-,32-14+,42-38+/t43-/m0/s1. The van der Waals surface area contributed by atoms with Crippen LogP contribution in [0, 0.1) is 0 Å². The van der Waals surface area contributed by atoms with E-state index in [-0.39, 0.29) is 5.97 Å². The van der Waals surface area contributed by atoms with Crippen molar-refractivity contribution in [1.29, 1.82) is 0 Å². The van der Waals surface area contributed by atoms with E-state index >= 15 is 0 Å². The molecule has 0 amide bonds. The second-order valence-electron chi connectivity index (χ2n) is 12.9. The first-order chi connectivity index (χ1) is 24.8. The summed E-state index contributed by atoms with van der Waals surface area (Å²) in [4.78, 5) is 20.1. The average molecular weight is 721 g/mol. The Balaban J connectivity index is 1.51. The summed E-state index contributed by atoms with van der Waals surface area (Å²) in [7, 11) is 4.07. The zero-order valence-corrected chi connectivity index (χ0v) is 31.8. The SMILES string of the molecule is C=CC(=C\C=C/C)/C(CC)=C(\c1ccc(OCCN(C)C)cc1)c1cccc(OC(=O)[C@H](c2ccccc2Cl)N2CCCc3sccc3CC2)c1. The third kappa shape index (κ3) is 9.99. The van der Waals surface area contributed by atoms with Gasteiger partial charge in [0, 0.05) is 23.0 Å². The molecule has 0 N–H and O–H groups in total. The van der Waals surface area contributed by atoms with Crippen molar-refractivity contribution in [3.8, 4) is 11.5 Å². The third-order valence-electron chi connectivity index (χ3n) is 9.13. The number of rotatable bonds is 14. The number of hydrogen-bond acceptors (Lipinski definition) is 6. The van der Waals surface area contributed by atoms with Crippen LogP contribution in [-0.4, -0.2) is 56.1 Å². The number of nitrogens with zero attached hydrogens (tertiary/aromatic N) is 2. The van der Waals surface area contributed by atoms with Crippen molar-refractivity contribution in [2.24, 2.45) is 0 Å². The summed E-state index contributed by atoms with van der Waals surface area (Å²) in [5.74, 6) is 0.960. The molecule has 0 spiro atoms. The van der Waals surface area contributed by atoms with E-state index in [0.717, 1.165) is 84.5 Å². The van der Waals surface area contributed by atoms with Crippen molar-refractivity contribution in [2.45, 2.75) is 45.6 Å². The normalized spacial score (nSPS) is 15.1. The van der Waals surface area contributed by atoms with Gasteiger partial charge in [-0.15, -0.1) is 11.3 Å². The Labute approximate surface area is 313 Å². The van der Waals surface area contributed by atoms with Crippen LogP contribution in [0.2, 0.25) is 5.02 Å². The molecule has 1 aromatic heterocycles. The van der Waals surface area contributed by atoms with Gasteiger partial charge in [-0.2, -0.15) is 0 Å². The van der Waals surface area contributed by atoms with Gasteiger partial charge in [0.25, 0.3) is 0 Å². The first kappa shape index (κ1) is 38.0. The molecule has 1 aliphatic heterocycles. The quantitative estimate of drug-likeness (QED) is 0.0737. The number of allylic oxidation sites excluding steroid dienone is 6. The smallest absolute Gasteiger partial charge is 0.333 e. The molecule has 266 valence electrons. The highest BCUT2D eigenvalue weighted by Gasteiger charge is 2.32. The van der Waals surface area contributed by atoms with Crippen LogP contribution in [0.5, 0.6) is 11.5 Å². The number of carbonyl (C=O) groups excluding carboxylic acids is 1. The van der Waals surface area contributed by atoms with Crippen LogP contribution >= 0.6 is 22.9 Å². The summed E-state index contributed by atoms with van der Waals surface area (Å²) < 4.78 is 12.3. The van der Waals surface area contributed by atoms with E-state index in [2.05, 4.69) is 59.0 Å². The summed E-state index contributed by atoms with van der Waals surface area (Å²) in [5.41, 5.74) is 7.31. The minimum absolute atomic E-state index is 0.341. The highest BCUT2D eigenvalue weighted by molar-refractivity contribution is 7.10. The minimum atomic E-state index is -0.639. The van der Waals surface area contributed by atoms with Gasteiger partial charge >= 0.3 is 5.97 Å². The van der Waals surface area contributed by atoms with Crippen LogP contribution in [0.1, 0.15) is 59.9 Å². The Kier molecular flexibility index (Phi) is 14.1. The van der Waals surface area contributed by atoms with Crippen molar-refractivity contribution in [3.63, 3.8) is 0 Å². The molecule has 0 bridgehead atoms. The Bertz CT molecular complexity index is 1870. The number of hydrogen-bond donors (Lipinski definition) is 0. The van der Waals surface area contributed by atoms with Crippen molar-refractivity contribution in [1.82, 2.24) is 9.80 Å². The van der Waals surface area contributed by atoms with Gasteiger partial charge in [-0.25, -0.2) is 4.79 Å². The molecule has 0 unspecified atom stereocenters. The first-order valence-corrected chi connectivity index (χ1v) is 19.0. The molecule has 7 heteroatoms. The highest BCUT2D eigenvalue weighted by atomic mass is 35.5. The molecule has 0 saturated heterocycles. The Morgan fingerprint density at radius 2 is 1.80 bits per heavy atom. The summed E-state index contributed by atoms with van der Waals surface area (Å²) in [6, 6.07) is 25.3. The van der Waals surface area contributed by atoms with Crippen molar-refractivity contribution in [3.05, 3.63) is 158 Å². The molecule has 0 aliphatic carbocycles. The van der Waals surface area contributed by atoms with Gasteiger partial charge in [0.1, 0.15) is 24.1 Å². The lowest BCUT2D eigenvalue weighted by atomic mass is 9.87. The number of halogens is 1. The summed E-state index contributed by atoms with van der Waals surface area (Å²) >= 11 is 8.60. The zero-order chi connectivity index (χ0) is 36.2. The van der Waals surface area contributed by atoms with Crippen LogP contribution in [0.3, 0.4) is 0 Å². The Morgan fingerprint density at radius 1 is 1.00 bits per heavy atom. The van der Waals surface area contributed by atoms with Gasteiger partial charge in [-0.3, -0.25) is 4.90 Å². The zero-order valence-electron chi connectivity index (χ0n) is 30.2. The Hall–Kier alpha value is -4.20. The van der Waals surface area contributed by atoms with Gasteiger partial charge in [-0.1, -0.05) is 91.9 Å². The molecular formula is C44H49ClN2O3S. The lowest BCUT2D eigenvalue weighted by molar-refractivity contribution is -0.141. The largest absolute Gasteiger partial charge is 0.492 e. The number of esters is 1. The monoisotopic (exact) mass is 720 g/mol. The maximum Gasteiger partial charge on any atom is 0.333 e. The molecule has 0 fully saturated rings. The lowest BCUT2D eigenvalue weighted by Crippen LogP contribution is -2.39. The fourth-order valence-electron chi connectivity index (χ4n) is 6.54. The number of likely N-dealkylation sites (N-methyl/N-ethyl adjacent to an activating group) is 1. The van der Waals surface area contributed by atoms with E-state index in [0.29, 0.717) is 17.4 Å². The lowest BCUT2D eigenvalue weighted by Gasteiger charge is -2.32. The van der Waals surface area contributed by atoms with E-state index in [1.165, 1.54) is 10.4 Å². The number of carbonyl (C=O) groups is 1. The van der Waals surface area contributed by atoms with Crippen molar-refractivity contribution in [2.75, 3.05) is 40.3 Å². The molecule has 3 aromatic carbocycles. The predicted molar refractivity (Wildman–Crippen MR) is 214 cm³/mol. The fraction of sp³-hybridized carbons (Fsp3) is 0.295. The maximum atomic E-state index is 14.4. The molecular weight excluding hydrogens is 672 g/mol. The van der Waals surface area contributed by atoms with Crippen LogP contribution in [0.25, 0.3) is 5.57 Å². The fourth-order valence-corrected chi connectivity index (χ4v) is 7.76. The number of ether oxygens (including phenoxy) is 2. The Morgan fingerprint density at radius 3 is 2.53 bits per heavy atom.